The summed E-state index contributed by atoms with van der Waals surface area (Å²) in [5, 5.41) is 16.7. The number of nitrogens with one attached hydrogen (secondary N) is 1. The zero-order chi connectivity index (χ0) is 23.1. The Balaban J connectivity index is 1.40. The van der Waals surface area contributed by atoms with Gasteiger partial charge in [-0.3, -0.25) is 14.2 Å². The van der Waals surface area contributed by atoms with Crippen molar-refractivity contribution in [1.29, 1.82) is 0 Å². The summed E-state index contributed by atoms with van der Waals surface area (Å²) < 4.78 is 1.37. The molecule has 0 aliphatic heterocycles. The zero-order valence-electron chi connectivity index (χ0n) is 18.4. The Labute approximate surface area is 194 Å². The number of phenols is 1. The van der Waals surface area contributed by atoms with E-state index < -0.39 is 11.9 Å². The monoisotopic (exact) mass is 460 g/mol. The Morgan fingerprint density at radius 3 is 3.00 bits per heavy atom. The fraction of sp³-hybridized carbons (Fsp3) is 0.280. The fourth-order valence-electron chi connectivity index (χ4n) is 4.42. The Kier molecular flexibility index (Phi) is 5.46. The summed E-state index contributed by atoms with van der Waals surface area (Å²) in [4.78, 5) is 32.5. The number of rotatable bonds is 4. The SMILES string of the molecule is CC1CCc2c(sc3ncn(C(C)C(=O)N/N=C/c4c(O)ccc5ccccc45)c(=O)c23)C1. The van der Waals surface area contributed by atoms with Gasteiger partial charge >= 0.3 is 0 Å². The molecule has 2 unspecified atom stereocenters. The first-order valence-electron chi connectivity index (χ1n) is 11.0. The van der Waals surface area contributed by atoms with E-state index in [2.05, 4.69) is 22.4 Å². The number of thiophene rings is 1. The first-order chi connectivity index (χ1) is 15.9. The van der Waals surface area contributed by atoms with Gasteiger partial charge in [0.15, 0.2) is 0 Å². The van der Waals surface area contributed by atoms with Gasteiger partial charge in [-0.25, -0.2) is 10.4 Å². The van der Waals surface area contributed by atoms with Crippen molar-refractivity contribution in [3.63, 3.8) is 0 Å². The number of benzene rings is 2. The molecule has 1 amide bonds. The van der Waals surface area contributed by atoms with Crippen molar-refractivity contribution in [3.05, 3.63) is 69.1 Å². The predicted octanol–water partition coefficient (Wildman–Crippen LogP) is 4.15. The van der Waals surface area contributed by atoms with Gasteiger partial charge in [0.1, 0.15) is 16.6 Å². The summed E-state index contributed by atoms with van der Waals surface area (Å²) in [6, 6.07) is 10.2. The van der Waals surface area contributed by atoms with E-state index in [1.165, 1.54) is 22.0 Å². The molecule has 2 N–H and O–H groups in total. The number of hydrogen-bond donors (Lipinski definition) is 2. The van der Waals surface area contributed by atoms with Crippen LogP contribution in [0.15, 0.2) is 52.6 Å². The van der Waals surface area contributed by atoms with Crippen LogP contribution in [0.1, 0.15) is 42.3 Å². The van der Waals surface area contributed by atoms with Crippen LogP contribution in [0.4, 0.5) is 0 Å². The third-order valence-corrected chi connectivity index (χ3v) is 7.52. The number of hydrogen-bond acceptors (Lipinski definition) is 6. The molecular formula is C25H24N4O3S. The molecular weight excluding hydrogens is 436 g/mol. The molecule has 0 spiro atoms. The van der Waals surface area contributed by atoms with E-state index in [4.69, 9.17) is 0 Å². The molecule has 8 heteroatoms. The molecule has 2 heterocycles. The first kappa shape index (κ1) is 21.3. The molecule has 0 bridgehead atoms. The molecule has 2 aromatic heterocycles. The second-order valence-electron chi connectivity index (χ2n) is 8.62. The summed E-state index contributed by atoms with van der Waals surface area (Å²) in [6.07, 6.45) is 5.76. The lowest BCUT2D eigenvalue weighted by Gasteiger charge is -2.18. The maximum Gasteiger partial charge on any atom is 0.263 e. The highest BCUT2D eigenvalue weighted by Gasteiger charge is 2.25. The number of hydrazone groups is 1. The number of carbonyl (C=O) groups is 1. The lowest BCUT2D eigenvalue weighted by molar-refractivity contribution is -0.123. The highest BCUT2D eigenvalue weighted by Crippen LogP contribution is 2.35. The van der Waals surface area contributed by atoms with Crippen LogP contribution in [0, 0.1) is 5.92 Å². The van der Waals surface area contributed by atoms with E-state index in [1.54, 1.807) is 24.3 Å². The van der Waals surface area contributed by atoms with E-state index in [9.17, 15) is 14.7 Å². The molecule has 2 aromatic carbocycles. The number of carbonyl (C=O) groups excluding carboxylic acids is 1. The number of phenolic OH excluding ortho intramolecular Hbond substituents is 1. The van der Waals surface area contributed by atoms with Gasteiger partial charge in [0.2, 0.25) is 0 Å². The summed E-state index contributed by atoms with van der Waals surface area (Å²) in [7, 11) is 0. The van der Waals surface area contributed by atoms with Gasteiger partial charge in [0.05, 0.1) is 17.9 Å². The van der Waals surface area contributed by atoms with Crippen LogP contribution < -0.4 is 11.0 Å². The van der Waals surface area contributed by atoms with Crippen molar-refractivity contribution in [1.82, 2.24) is 15.0 Å². The third-order valence-electron chi connectivity index (χ3n) is 6.35. The Morgan fingerprint density at radius 1 is 1.33 bits per heavy atom. The normalized spacial score (nSPS) is 16.8. The largest absolute Gasteiger partial charge is 0.507 e. The van der Waals surface area contributed by atoms with Gasteiger partial charge in [-0.1, -0.05) is 37.3 Å². The van der Waals surface area contributed by atoms with E-state index in [0.29, 0.717) is 16.9 Å². The zero-order valence-corrected chi connectivity index (χ0v) is 19.2. The fourth-order valence-corrected chi connectivity index (χ4v) is 5.76. The first-order valence-corrected chi connectivity index (χ1v) is 11.8. The van der Waals surface area contributed by atoms with Crippen molar-refractivity contribution < 1.29 is 9.90 Å². The number of nitrogens with zero attached hydrogens (tertiary/aromatic N) is 3. The summed E-state index contributed by atoms with van der Waals surface area (Å²) in [6.45, 7) is 3.88. The van der Waals surface area contributed by atoms with Gasteiger partial charge in [0.25, 0.3) is 11.5 Å². The van der Waals surface area contributed by atoms with Gasteiger partial charge < -0.3 is 5.11 Å². The molecule has 4 aromatic rings. The highest BCUT2D eigenvalue weighted by molar-refractivity contribution is 7.18. The number of amides is 1. The summed E-state index contributed by atoms with van der Waals surface area (Å²) >= 11 is 1.59. The maximum absolute atomic E-state index is 13.3. The molecule has 2 atom stereocenters. The van der Waals surface area contributed by atoms with Crippen LogP contribution in [0.2, 0.25) is 0 Å². The molecule has 33 heavy (non-hydrogen) atoms. The molecule has 5 rings (SSSR count). The third kappa shape index (κ3) is 3.80. The minimum Gasteiger partial charge on any atom is -0.507 e. The van der Waals surface area contributed by atoms with Crippen molar-refractivity contribution in [2.75, 3.05) is 0 Å². The van der Waals surface area contributed by atoms with Crippen LogP contribution in [0.25, 0.3) is 21.0 Å². The van der Waals surface area contributed by atoms with E-state index in [1.807, 2.05) is 30.3 Å². The standard InChI is InChI=1S/C25H24N4O3S/c1-14-7-9-18-21(11-14)33-24-22(18)25(32)29(13-26-24)15(2)23(31)28-27-12-19-17-6-4-3-5-16(17)8-10-20(19)30/h3-6,8,10,12-15,30H,7,9,11H2,1-2H3,(H,28,31)/b27-12+. The molecule has 0 saturated heterocycles. The van der Waals surface area contributed by atoms with Crippen molar-refractivity contribution in [3.8, 4) is 5.75 Å². The molecule has 0 fully saturated rings. The Bertz CT molecular complexity index is 1470. The highest BCUT2D eigenvalue weighted by atomic mass is 32.1. The quantitative estimate of drug-likeness (QED) is 0.353. The van der Waals surface area contributed by atoms with Crippen LogP contribution in [-0.4, -0.2) is 26.8 Å². The van der Waals surface area contributed by atoms with E-state index in [-0.39, 0.29) is 11.3 Å². The van der Waals surface area contributed by atoms with Crippen LogP contribution in [0.3, 0.4) is 0 Å². The van der Waals surface area contributed by atoms with Crippen LogP contribution >= 0.6 is 11.3 Å². The number of aryl methyl sites for hydroxylation is 1. The summed E-state index contributed by atoms with van der Waals surface area (Å²) in [5.74, 6) is 0.241. The lowest BCUT2D eigenvalue weighted by atomic mass is 9.89. The molecule has 0 radical (unpaired) electrons. The van der Waals surface area contributed by atoms with Crippen molar-refractivity contribution in [2.24, 2.45) is 11.0 Å². The lowest BCUT2D eigenvalue weighted by Crippen LogP contribution is -2.34. The predicted molar refractivity (Wildman–Crippen MR) is 131 cm³/mol. The Hall–Kier alpha value is -3.52. The molecule has 1 aliphatic rings. The minimum atomic E-state index is -0.786. The second-order valence-corrected chi connectivity index (χ2v) is 9.70. The maximum atomic E-state index is 13.3. The van der Waals surface area contributed by atoms with Crippen LogP contribution in [-0.2, 0) is 17.6 Å². The van der Waals surface area contributed by atoms with E-state index in [0.717, 1.165) is 40.4 Å². The second kappa shape index (κ2) is 8.44. The van der Waals surface area contributed by atoms with Gasteiger partial charge in [-0.2, -0.15) is 5.10 Å². The Morgan fingerprint density at radius 2 is 2.15 bits per heavy atom. The molecule has 1 aliphatic carbocycles. The number of aromatic hydroxyl groups is 1. The van der Waals surface area contributed by atoms with E-state index >= 15 is 0 Å². The average Bonchev–Trinajstić information content (AvgIpc) is 3.18. The van der Waals surface area contributed by atoms with Crippen molar-refractivity contribution >= 4 is 44.4 Å². The number of fused-ring (bicyclic) bond motifs is 4. The average molecular weight is 461 g/mol. The summed E-state index contributed by atoms with van der Waals surface area (Å²) in [5.41, 5.74) is 3.91. The van der Waals surface area contributed by atoms with Crippen molar-refractivity contribution in [2.45, 2.75) is 39.2 Å². The van der Waals surface area contributed by atoms with Gasteiger partial charge in [-0.05, 0) is 54.5 Å². The topological polar surface area (TPSA) is 96.6 Å². The molecule has 168 valence electrons. The van der Waals surface area contributed by atoms with Gasteiger partial charge in [-0.15, -0.1) is 11.3 Å². The number of aromatic nitrogens is 2. The van der Waals surface area contributed by atoms with Crippen LogP contribution in [0.5, 0.6) is 5.75 Å². The van der Waals surface area contributed by atoms with Gasteiger partial charge in [0, 0.05) is 10.4 Å². The molecule has 0 saturated carbocycles. The minimum absolute atomic E-state index is 0.0715. The smallest absolute Gasteiger partial charge is 0.263 e. The molecule has 7 nitrogen and oxygen atoms in total.